The molecular weight excluding hydrogens is 472 g/mol. The smallest absolute Gasteiger partial charge is 0.309 e. The molecule has 190 valence electrons. The van der Waals surface area contributed by atoms with Crippen molar-refractivity contribution in [3.8, 4) is 11.8 Å². The fourth-order valence-electron chi connectivity index (χ4n) is 4.50. The van der Waals surface area contributed by atoms with Gasteiger partial charge in [-0.05, 0) is 49.9 Å². The van der Waals surface area contributed by atoms with Gasteiger partial charge in [-0.2, -0.15) is 9.29 Å². The Bertz CT molecular complexity index is 1220. The molecule has 0 saturated carbocycles. The summed E-state index contributed by atoms with van der Waals surface area (Å²) in [5.41, 5.74) is 0.877. The van der Waals surface area contributed by atoms with Crippen molar-refractivity contribution in [2.75, 3.05) is 26.9 Å². The molecule has 0 unspecified atom stereocenters. The molecule has 1 N–H and O–H groups in total. The number of aromatic nitrogens is 1. The number of sulfonamides is 1. The van der Waals surface area contributed by atoms with Crippen molar-refractivity contribution in [1.29, 1.82) is 0 Å². The number of rotatable bonds is 6. The second kappa shape index (κ2) is 9.40. The Hall–Kier alpha value is -2.69. The van der Waals surface area contributed by atoms with Gasteiger partial charge < -0.3 is 19.3 Å². The third-order valence-electron chi connectivity index (χ3n) is 6.79. The first kappa shape index (κ1) is 25.4. The Kier molecular flexibility index (Phi) is 6.82. The van der Waals surface area contributed by atoms with E-state index in [-0.39, 0.29) is 29.7 Å². The third-order valence-corrected chi connectivity index (χ3v) is 8.60. The quantitative estimate of drug-likeness (QED) is 0.638. The minimum atomic E-state index is -3.94. The van der Waals surface area contributed by atoms with Crippen LogP contribution >= 0.6 is 0 Å². The van der Waals surface area contributed by atoms with Crippen LogP contribution in [-0.2, 0) is 32.5 Å². The van der Waals surface area contributed by atoms with Crippen LogP contribution in [0.25, 0.3) is 0 Å². The number of hydrogen-bond acceptors (Lipinski definition) is 7. The van der Waals surface area contributed by atoms with Crippen LogP contribution in [-0.4, -0.2) is 61.3 Å². The maximum Gasteiger partial charge on any atom is 0.309 e. The molecule has 0 amide bonds. The molecule has 0 aliphatic carbocycles. The Labute approximate surface area is 206 Å². The normalized spacial score (nSPS) is 19.4. The predicted octanol–water partition coefficient (Wildman–Crippen LogP) is 3.18. The highest BCUT2D eigenvalue weighted by Gasteiger charge is 2.45. The minimum Gasteiger partial charge on any atom is -0.481 e. The zero-order chi connectivity index (χ0) is 25.4. The van der Waals surface area contributed by atoms with E-state index < -0.39 is 27.0 Å². The number of pyridine rings is 1. The number of aryl methyl sites for hydroxylation is 1. The third kappa shape index (κ3) is 5.14. The van der Waals surface area contributed by atoms with Crippen molar-refractivity contribution in [3.05, 3.63) is 47.0 Å². The lowest BCUT2D eigenvalue weighted by Gasteiger charge is -2.38. The van der Waals surface area contributed by atoms with Crippen LogP contribution in [0.4, 0.5) is 0 Å². The molecular formula is C25H32N2O7S. The number of benzene rings is 1. The zero-order valence-corrected chi connectivity index (χ0v) is 21.4. The number of carboxylic acids is 1. The van der Waals surface area contributed by atoms with Crippen molar-refractivity contribution in [1.82, 2.24) is 9.29 Å². The van der Waals surface area contributed by atoms with Crippen molar-refractivity contribution in [2.24, 2.45) is 5.41 Å². The van der Waals surface area contributed by atoms with Crippen LogP contribution in [0.15, 0.2) is 35.2 Å². The van der Waals surface area contributed by atoms with Gasteiger partial charge in [-0.25, -0.2) is 8.42 Å². The lowest BCUT2D eigenvalue weighted by Crippen LogP contribution is -2.50. The molecule has 10 heteroatoms. The van der Waals surface area contributed by atoms with Crippen LogP contribution in [0.3, 0.4) is 0 Å². The summed E-state index contributed by atoms with van der Waals surface area (Å²) in [6, 6.07) is 8.70. The van der Waals surface area contributed by atoms with E-state index in [4.69, 9.17) is 14.2 Å². The van der Waals surface area contributed by atoms with Crippen LogP contribution in [0.5, 0.6) is 11.8 Å². The molecule has 4 rings (SSSR count). The lowest BCUT2D eigenvalue weighted by molar-refractivity contribution is -0.146. The average molecular weight is 505 g/mol. The number of hydrogen-bond donors (Lipinski definition) is 1. The van der Waals surface area contributed by atoms with Gasteiger partial charge in [0.15, 0.2) is 0 Å². The molecule has 1 spiro atoms. The van der Waals surface area contributed by atoms with Gasteiger partial charge in [-0.3, -0.25) is 4.79 Å². The number of nitrogens with zero attached hydrogens (tertiary/aromatic N) is 2. The van der Waals surface area contributed by atoms with E-state index in [0.717, 1.165) is 16.7 Å². The summed E-state index contributed by atoms with van der Waals surface area (Å²) in [7, 11) is -2.47. The van der Waals surface area contributed by atoms with Gasteiger partial charge in [0.2, 0.25) is 21.8 Å². The highest BCUT2D eigenvalue weighted by Crippen LogP contribution is 2.39. The summed E-state index contributed by atoms with van der Waals surface area (Å²) in [4.78, 5) is 15.9. The van der Waals surface area contributed by atoms with Gasteiger partial charge in [-0.15, -0.1) is 0 Å². The van der Waals surface area contributed by atoms with E-state index in [9.17, 15) is 18.3 Å². The van der Waals surface area contributed by atoms with Crippen LogP contribution in [0.1, 0.15) is 43.4 Å². The van der Waals surface area contributed by atoms with Gasteiger partial charge in [0, 0.05) is 25.5 Å². The molecule has 9 nitrogen and oxygen atoms in total. The number of ether oxygens (including phenoxy) is 3. The van der Waals surface area contributed by atoms with Crippen LogP contribution < -0.4 is 9.47 Å². The van der Waals surface area contributed by atoms with E-state index in [1.54, 1.807) is 13.8 Å². The first-order valence-electron chi connectivity index (χ1n) is 11.6. The molecule has 1 saturated heterocycles. The SMILES string of the molecule is COc1ccc2c(n1)OC1(CCOCC1)CN(Cc1cc(CC(C)(C)C(=O)O)ccc1C)S2(=O)=O. The highest BCUT2D eigenvalue weighted by atomic mass is 32.2. The molecule has 2 aromatic rings. The summed E-state index contributed by atoms with van der Waals surface area (Å²) in [5, 5.41) is 9.53. The summed E-state index contributed by atoms with van der Waals surface area (Å²) < 4.78 is 46.2. The fourth-order valence-corrected chi connectivity index (χ4v) is 6.04. The molecule has 0 radical (unpaired) electrons. The Morgan fingerprint density at radius 3 is 2.60 bits per heavy atom. The maximum absolute atomic E-state index is 13.8. The Balaban J connectivity index is 1.74. The molecule has 2 aliphatic heterocycles. The second-order valence-electron chi connectivity index (χ2n) is 9.95. The molecule has 1 fully saturated rings. The van der Waals surface area contributed by atoms with Crippen LogP contribution in [0, 0.1) is 12.3 Å². The van der Waals surface area contributed by atoms with Gasteiger partial charge in [-0.1, -0.05) is 18.2 Å². The predicted molar refractivity (Wildman–Crippen MR) is 128 cm³/mol. The van der Waals surface area contributed by atoms with E-state index >= 15 is 0 Å². The molecule has 35 heavy (non-hydrogen) atoms. The van der Waals surface area contributed by atoms with Crippen molar-refractivity contribution >= 4 is 16.0 Å². The van der Waals surface area contributed by atoms with Gasteiger partial charge >= 0.3 is 5.97 Å². The maximum atomic E-state index is 13.8. The van der Waals surface area contributed by atoms with E-state index in [1.165, 1.54) is 23.5 Å². The van der Waals surface area contributed by atoms with Crippen molar-refractivity contribution in [2.45, 2.75) is 57.1 Å². The molecule has 3 heterocycles. The molecule has 1 aromatic heterocycles. The van der Waals surface area contributed by atoms with Gasteiger partial charge in [0.1, 0.15) is 10.5 Å². The first-order chi connectivity index (χ1) is 16.5. The monoisotopic (exact) mass is 504 g/mol. The first-order valence-corrected chi connectivity index (χ1v) is 13.0. The summed E-state index contributed by atoms with van der Waals surface area (Å²) in [6.45, 7) is 6.50. The van der Waals surface area contributed by atoms with Gasteiger partial charge in [0.25, 0.3) is 0 Å². The van der Waals surface area contributed by atoms with Crippen molar-refractivity contribution in [3.63, 3.8) is 0 Å². The standard InChI is InChI=1S/C25H32N2O7S/c1-17-5-6-18(14-24(2,3)23(28)29)13-19(17)15-27-16-25(9-11-33-12-10-25)34-22-20(35(27,30)31)7-8-21(26-22)32-4/h5-8,13H,9-12,14-16H2,1-4H3,(H,28,29). The number of carbonyl (C=O) groups is 1. The summed E-state index contributed by atoms with van der Waals surface area (Å²) in [6.07, 6.45) is 1.39. The molecule has 1 aromatic carbocycles. The van der Waals surface area contributed by atoms with E-state index in [0.29, 0.717) is 32.5 Å². The number of aliphatic carboxylic acids is 1. The van der Waals surface area contributed by atoms with E-state index in [2.05, 4.69) is 4.98 Å². The molecule has 0 atom stereocenters. The number of carboxylic acid groups (broad SMARTS) is 1. The largest absolute Gasteiger partial charge is 0.481 e. The zero-order valence-electron chi connectivity index (χ0n) is 20.5. The number of methoxy groups -OCH3 is 1. The summed E-state index contributed by atoms with van der Waals surface area (Å²) >= 11 is 0. The highest BCUT2D eigenvalue weighted by molar-refractivity contribution is 7.89. The topological polar surface area (TPSA) is 115 Å². The lowest BCUT2D eigenvalue weighted by atomic mass is 9.85. The molecule has 2 aliphatic rings. The minimum absolute atomic E-state index is 0.00230. The Morgan fingerprint density at radius 1 is 1.23 bits per heavy atom. The molecule has 0 bridgehead atoms. The Morgan fingerprint density at radius 2 is 1.94 bits per heavy atom. The average Bonchev–Trinajstić information content (AvgIpc) is 2.88. The summed E-state index contributed by atoms with van der Waals surface area (Å²) in [5.74, 6) is -0.561. The van der Waals surface area contributed by atoms with Crippen molar-refractivity contribution < 1.29 is 32.5 Å². The van der Waals surface area contributed by atoms with E-state index in [1.807, 2.05) is 25.1 Å². The number of fused-ring (bicyclic) bond motifs is 1. The van der Waals surface area contributed by atoms with Crippen LogP contribution in [0.2, 0.25) is 0 Å². The van der Waals surface area contributed by atoms with Gasteiger partial charge in [0.05, 0.1) is 32.3 Å². The second-order valence-corrected chi connectivity index (χ2v) is 11.9. The fraction of sp³-hybridized carbons (Fsp3) is 0.520.